The van der Waals surface area contributed by atoms with E-state index in [0.29, 0.717) is 33.2 Å². The summed E-state index contributed by atoms with van der Waals surface area (Å²) in [5.74, 6) is 0.00786. The summed E-state index contributed by atoms with van der Waals surface area (Å²) in [6.07, 6.45) is 1.54. The molecule has 0 N–H and O–H groups in total. The van der Waals surface area contributed by atoms with Gasteiger partial charge in [-0.15, -0.1) is 0 Å². The molecular weight excluding hydrogens is 458 g/mol. The highest BCUT2D eigenvalue weighted by Crippen LogP contribution is 2.31. The van der Waals surface area contributed by atoms with Gasteiger partial charge in [0.1, 0.15) is 5.75 Å². The first-order chi connectivity index (χ1) is 16.4. The standard InChI is InChI=1S/C26H20ClNO6/c1-15-5-4-6-17(11-15)25(29)33-22-9-7-16(13-23(22)32-3)12-20-26(30)34-24(28-20)19-14-18(27)8-10-21(19)31-2/h4-14H,1-3H3/b20-12-. The van der Waals surface area contributed by atoms with Crippen molar-refractivity contribution in [2.75, 3.05) is 14.2 Å². The van der Waals surface area contributed by atoms with E-state index in [1.807, 2.05) is 13.0 Å². The lowest BCUT2D eigenvalue weighted by Crippen LogP contribution is -2.09. The summed E-state index contributed by atoms with van der Waals surface area (Å²) in [6, 6.07) is 16.9. The molecule has 0 saturated carbocycles. The Morgan fingerprint density at radius 3 is 2.47 bits per heavy atom. The van der Waals surface area contributed by atoms with Crippen molar-refractivity contribution in [1.82, 2.24) is 0 Å². The second-order valence-corrected chi connectivity index (χ2v) is 7.79. The molecule has 0 amide bonds. The molecule has 0 aliphatic carbocycles. The fraction of sp³-hybridized carbons (Fsp3) is 0.115. The molecule has 4 rings (SSSR count). The molecule has 0 unspecified atom stereocenters. The zero-order valence-corrected chi connectivity index (χ0v) is 19.4. The lowest BCUT2D eigenvalue weighted by atomic mass is 10.1. The average molecular weight is 478 g/mol. The van der Waals surface area contributed by atoms with Crippen LogP contribution in [0.3, 0.4) is 0 Å². The molecular formula is C26H20ClNO6. The number of benzene rings is 3. The van der Waals surface area contributed by atoms with Gasteiger partial charge in [-0.25, -0.2) is 14.6 Å². The van der Waals surface area contributed by atoms with Crippen LogP contribution in [0, 0.1) is 6.92 Å². The van der Waals surface area contributed by atoms with Crippen molar-refractivity contribution < 1.29 is 28.5 Å². The van der Waals surface area contributed by atoms with Crippen LogP contribution in [0.15, 0.2) is 71.4 Å². The summed E-state index contributed by atoms with van der Waals surface area (Å²) in [5, 5.41) is 0.451. The largest absolute Gasteiger partial charge is 0.496 e. The number of nitrogens with zero attached hydrogens (tertiary/aromatic N) is 1. The molecule has 0 aromatic heterocycles. The lowest BCUT2D eigenvalue weighted by molar-refractivity contribution is -0.129. The molecule has 0 atom stereocenters. The minimum absolute atomic E-state index is 0.0867. The first-order valence-corrected chi connectivity index (χ1v) is 10.6. The summed E-state index contributed by atoms with van der Waals surface area (Å²) in [5.41, 5.74) is 2.52. The van der Waals surface area contributed by atoms with Crippen molar-refractivity contribution >= 4 is 35.5 Å². The van der Waals surface area contributed by atoms with E-state index in [1.54, 1.807) is 60.7 Å². The zero-order chi connectivity index (χ0) is 24.2. The number of carbonyl (C=O) groups excluding carboxylic acids is 2. The monoisotopic (exact) mass is 477 g/mol. The van der Waals surface area contributed by atoms with Crippen LogP contribution in [0.4, 0.5) is 0 Å². The van der Waals surface area contributed by atoms with Gasteiger partial charge in [0.15, 0.2) is 17.2 Å². The number of hydrogen-bond acceptors (Lipinski definition) is 7. The first kappa shape index (κ1) is 23.1. The van der Waals surface area contributed by atoms with Gasteiger partial charge in [-0.1, -0.05) is 35.4 Å². The molecule has 0 saturated heterocycles. The number of esters is 2. The van der Waals surface area contributed by atoms with Gasteiger partial charge in [0.05, 0.1) is 25.3 Å². The molecule has 0 spiro atoms. The summed E-state index contributed by atoms with van der Waals surface area (Å²) < 4.78 is 21.5. The maximum atomic E-state index is 12.5. The smallest absolute Gasteiger partial charge is 0.363 e. The van der Waals surface area contributed by atoms with E-state index in [2.05, 4.69) is 4.99 Å². The normalized spacial score (nSPS) is 13.9. The number of rotatable bonds is 6. The number of cyclic esters (lactones) is 1. The Balaban J connectivity index is 1.60. The third-order valence-corrected chi connectivity index (χ3v) is 5.20. The fourth-order valence-corrected chi connectivity index (χ4v) is 3.49. The van der Waals surface area contributed by atoms with Gasteiger partial charge < -0.3 is 18.9 Å². The van der Waals surface area contributed by atoms with Crippen molar-refractivity contribution in [3.8, 4) is 17.2 Å². The van der Waals surface area contributed by atoms with Crippen LogP contribution in [0.5, 0.6) is 17.2 Å². The van der Waals surface area contributed by atoms with Crippen LogP contribution in [-0.4, -0.2) is 32.1 Å². The Hall–Kier alpha value is -4.10. The van der Waals surface area contributed by atoms with Crippen LogP contribution >= 0.6 is 11.6 Å². The summed E-state index contributed by atoms with van der Waals surface area (Å²) >= 11 is 6.07. The zero-order valence-electron chi connectivity index (χ0n) is 18.6. The van der Waals surface area contributed by atoms with E-state index >= 15 is 0 Å². The molecule has 34 heavy (non-hydrogen) atoms. The molecule has 1 aliphatic rings. The molecule has 0 bridgehead atoms. The number of aryl methyl sites for hydroxylation is 1. The van der Waals surface area contributed by atoms with Gasteiger partial charge in [0, 0.05) is 5.02 Å². The van der Waals surface area contributed by atoms with Crippen molar-refractivity contribution in [2.45, 2.75) is 6.92 Å². The maximum Gasteiger partial charge on any atom is 0.363 e. The van der Waals surface area contributed by atoms with Crippen molar-refractivity contribution in [3.63, 3.8) is 0 Å². The second-order valence-electron chi connectivity index (χ2n) is 7.35. The number of halogens is 1. The van der Waals surface area contributed by atoms with E-state index in [4.69, 9.17) is 30.5 Å². The van der Waals surface area contributed by atoms with E-state index in [9.17, 15) is 9.59 Å². The number of aliphatic imine (C=N–C) groups is 1. The van der Waals surface area contributed by atoms with Crippen LogP contribution in [0.2, 0.25) is 5.02 Å². The van der Waals surface area contributed by atoms with Gasteiger partial charge in [0.2, 0.25) is 5.90 Å². The molecule has 0 fully saturated rings. The van der Waals surface area contributed by atoms with Gasteiger partial charge in [-0.2, -0.15) is 0 Å². The molecule has 1 aliphatic heterocycles. The maximum absolute atomic E-state index is 12.5. The van der Waals surface area contributed by atoms with Crippen molar-refractivity contribution in [3.05, 3.63) is 93.6 Å². The molecule has 0 radical (unpaired) electrons. The molecule has 3 aromatic carbocycles. The predicted octanol–water partition coefficient (Wildman–Crippen LogP) is 5.23. The Labute approximate surface area is 201 Å². The Kier molecular flexibility index (Phi) is 6.65. The molecule has 3 aromatic rings. The highest BCUT2D eigenvalue weighted by atomic mass is 35.5. The van der Waals surface area contributed by atoms with Crippen LogP contribution < -0.4 is 14.2 Å². The van der Waals surface area contributed by atoms with Crippen molar-refractivity contribution in [2.24, 2.45) is 4.99 Å². The van der Waals surface area contributed by atoms with Crippen LogP contribution in [0.25, 0.3) is 6.08 Å². The third-order valence-electron chi connectivity index (χ3n) is 4.96. The lowest BCUT2D eigenvalue weighted by Gasteiger charge is -2.10. The van der Waals surface area contributed by atoms with Gasteiger partial charge >= 0.3 is 11.9 Å². The minimum atomic E-state index is -0.619. The number of ether oxygens (including phenoxy) is 4. The summed E-state index contributed by atoms with van der Waals surface area (Å²) in [7, 11) is 2.96. The van der Waals surface area contributed by atoms with E-state index in [0.717, 1.165) is 5.56 Å². The van der Waals surface area contributed by atoms with Gasteiger partial charge in [-0.3, -0.25) is 0 Å². The summed E-state index contributed by atoms with van der Waals surface area (Å²) in [6.45, 7) is 1.89. The van der Waals surface area contributed by atoms with E-state index < -0.39 is 11.9 Å². The first-order valence-electron chi connectivity index (χ1n) is 10.2. The van der Waals surface area contributed by atoms with E-state index in [1.165, 1.54) is 14.2 Å². The molecule has 8 heteroatoms. The highest BCUT2D eigenvalue weighted by Gasteiger charge is 2.26. The molecule has 1 heterocycles. The highest BCUT2D eigenvalue weighted by molar-refractivity contribution is 6.31. The van der Waals surface area contributed by atoms with Crippen molar-refractivity contribution in [1.29, 1.82) is 0 Å². The fourth-order valence-electron chi connectivity index (χ4n) is 3.32. The van der Waals surface area contributed by atoms with E-state index in [-0.39, 0.29) is 17.3 Å². The quantitative estimate of drug-likeness (QED) is 0.274. The number of hydrogen-bond donors (Lipinski definition) is 0. The minimum Gasteiger partial charge on any atom is -0.496 e. The van der Waals surface area contributed by atoms with Crippen LogP contribution in [-0.2, 0) is 9.53 Å². The SMILES string of the molecule is COc1cc(/C=C2\N=C(c3cc(Cl)ccc3OC)OC2=O)ccc1OC(=O)c1cccc(C)c1. The Bertz CT molecular complexity index is 1340. The third kappa shape index (κ3) is 4.94. The van der Waals surface area contributed by atoms with Crippen LogP contribution in [0.1, 0.15) is 27.0 Å². The molecule has 172 valence electrons. The second kappa shape index (κ2) is 9.80. The number of methoxy groups -OCH3 is 2. The Morgan fingerprint density at radius 2 is 1.74 bits per heavy atom. The number of carbonyl (C=O) groups is 2. The van der Waals surface area contributed by atoms with Gasteiger partial charge in [0.25, 0.3) is 0 Å². The average Bonchev–Trinajstić information content (AvgIpc) is 3.19. The molecule has 7 nitrogen and oxygen atoms in total. The van der Waals surface area contributed by atoms with Gasteiger partial charge in [-0.05, 0) is 61.0 Å². The Morgan fingerprint density at radius 1 is 0.971 bits per heavy atom. The summed E-state index contributed by atoms with van der Waals surface area (Å²) in [4.78, 5) is 29.2. The predicted molar refractivity (Wildman–Crippen MR) is 128 cm³/mol. The topological polar surface area (TPSA) is 83.4 Å².